The van der Waals surface area contributed by atoms with E-state index in [0.29, 0.717) is 11.3 Å². The van der Waals surface area contributed by atoms with Crippen molar-refractivity contribution in [2.45, 2.75) is 0 Å². The van der Waals surface area contributed by atoms with Crippen LogP contribution in [0.3, 0.4) is 0 Å². The molecule has 0 radical (unpaired) electrons. The fraction of sp³-hybridized carbons (Fsp3) is 0.417. The number of carbonyl (C=O) groups excluding carboxylic acids is 1. The van der Waals surface area contributed by atoms with Gasteiger partial charge < -0.3 is 9.47 Å². The Hall–Kier alpha value is -1.40. The Morgan fingerprint density at radius 2 is 2.00 bits per heavy atom. The predicted octanol–water partition coefficient (Wildman–Crippen LogP) is 0.939. The maximum atomic E-state index is 11.8. The summed E-state index contributed by atoms with van der Waals surface area (Å²) in [5.41, 5.74) is 0.329. The third kappa shape index (κ3) is 4.46. The summed E-state index contributed by atoms with van der Waals surface area (Å²) in [4.78, 5) is 11.8. The normalized spacial score (nSPS) is 11.2. The molecule has 1 aromatic rings. The lowest BCUT2D eigenvalue weighted by Gasteiger charge is -2.05. The molecule has 100 valence electrons. The fourth-order valence-corrected chi connectivity index (χ4v) is 2.49. The molecule has 0 N–H and O–H groups in total. The third-order valence-corrected chi connectivity index (χ3v) is 3.83. The standard InChI is InChI=1S/C12H16O5S/c1-16-6-7-18(14,15)9-12(13)10-4-3-5-11(8-10)17-2/h3-5,8H,6-7,9H2,1-2H3. The number of methoxy groups -OCH3 is 2. The largest absolute Gasteiger partial charge is 0.497 e. The quantitative estimate of drug-likeness (QED) is 0.691. The molecule has 6 heteroatoms. The summed E-state index contributed by atoms with van der Waals surface area (Å²) in [6, 6.07) is 6.43. The minimum atomic E-state index is -3.43. The number of sulfone groups is 1. The SMILES string of the molecule is COCCS(=O)(=O)CC(=O)c1cccc(OC)c1. The molecular formula is C12H16O5S. The second-order valence-electron chi connectivity index (χ2n) is 3.74. The van der Waals surface area contributed by atoms with Gasteiger partial charge in [0.2, 0.25) is 0 Å². The van der Waals surface area contributed by atoms with Gasteiger partial charge in [-0.2, -0.15) is 0 Å². The van der Waals surface area contributed by atoms with Gasteiger partial charge in [0.25, 0.3) is 0 Å². The molecule has 0 amide bonds. The summed E-state index contributed by atoms with van der Waals surface area (Å²) >= 11 is 0. The number of hydrogen-bond acceptors (Lipinski definition) is 5. The van der Waals surface area contributed by atoms with E-state index in [9.17, 15) is 13.2 Å². The monoisotopic (exact) mass is 272 g/mol. The zero-order valence-corrected chi connectivity index (χ0v) is 11.2. The highest BCUT2D eigenvalue weighted by atomic mass is 32.2. The molecule has 0 aliphatic carbocycles. The smallest absolute Gasteiger partial charge is 0.178 e. The Bertz CT molecular complexity index is 507. The van der Waals surface area contributed by atoms with Crippen molar-refractivity contribution in [3.63, 3.8) is 0 Å². The predicted molar refractivity (Wildman–Crippen MR) is 67.9 cm³/mol. The average molecular weight is 272 g/mol. The third-order valence-electron chi connectivity index (χ3n) is 2.34. The molecule has 0 atom stereocenters. The highest BCUT2D eigenvalue weighted by Gasteiger charge is 2.18. The molecule has 0 heterocycles. The molecule has 0 unspecified atom stereocenters. The van der Waals surface area contributed by atoms with Gasteiger partial charge >= 0.3 is 0 Å². The number of ether oxygens (including phenoxy) is 2. The van der Waals surface area contributed by atoms with Crippen LogP contribution in [-0.4, -0.2) is 46.5 Å². The topological polar surface area (TPSA) is 69.7 Å². The van der Waals surface area contributed by atoms with Gasteiger partial charge in [0.15, 0.2) is 15.6 Å². The first-order valence-electron chi connectivity index (χ1n) is 5.35. The van der Waals surface area contributed by atoms with E-state index in [0.717, 1.165) is 0 Å². The Kier molecular flexibility index (Phi) is 5.30. The number of rotatable bonds is 7. The summed E-state index contributed by atoms with van der Waals surface area (Å²) in [5.74, 6) is -0.580. The molecular weight excluding hydrogens is 256 g/mol. The summed E-state index contributed by atoms with van der Waals surface area (Å²) in [6.45, 7) is 0.0910. The molecule has 0 bridgehead atoms. The second kappa shape index (κ2) is 6.51. The van der Waals surface area contributed by atoms with E-state index < -0.39 is 21.4 Å². The average Bonchev–Trinajstić information content (AvgIpc) is 2.36. The molecule has 5 nitrogen and oxygen atoms in total. The number of carbonyl (C=O) groups is 1. The van der Waals surface area contributed by atoms with Gasteiger partial charge in [-0.3, -0.25) is 4.79 Å². The van der Waals surface area contributed by atoms with Crippen molar-refractivity contribution >= 4 is 15.6 Å². The fourth-order valence-electron chi connectivity index (χ4n) is 1.36. The van der Waals surface area contributed by atoms with Crippen LogP contribution in [-0.2, 0) is 14.6 Å². The highest BCUT2D eigenvalue weighted by Crippen LogP contribution is 2.13. The minimum absolute atomic E-state index is 0.0910. The number of Topliss-reactive ketones (excluding diaryl/α,β-unsaturated/α-hetero) is 1. The van der Waals surface area contributed by atoms with Crippen LogP contribution >= 0.6 is 0 Å². The van der Waals surface area contributed by atoms with E-state index in [1.54, 1.807) is 18.2 Å². The van der Waals surface area contributed by atoms with Gasteiger partial charge in [0.1, 0.15) is 11.5 Å². The first-order chi connectivity index (χ1) is 8.48. The van der Waals surface area contributed by atoms with Gasteiger partial charge in [-0.25, -0.2) is 8.42 Å². The maximum absolute atomic E-state index is 11.8. The first-order valence-corrected chi connectivity index (χ1v) is 7.17. The van der Waals surface area contributed by atoms with Gasteiger partial charge in [0.05, 0.1) is 19.5 Å². The molecule has 0 saturated heterocycles. The van der Waals surface area contributed by atoms with Crippen molar-refractivity contribution in [2.75, 3.05) is 32.3 Å². The molecule has 0 spiro atoms. The summed E-state index contributed by atoms with van der Waals surface area (Å²) in [6.07, 6.45) is 0. The molecule has 1 aromatic carbocycles. The Morgan fingerprint density at radius 1 is 1.28 bits per heavy atom. The van der Waals surface area contributed by atoms with Crippen LogP contribution in [0, 0.1) is 0 Å². The Labute approximate surface area is 107 Å². The zero-order valence-electron chi connectivity index (χ0n) is 10.4. The van der Waals surface area contributed by atoms with Crippen molar-refractivity contribution in [1.29, 1.82) is 0 Å². The van der Waals surface area contributed by atoms with Crippen LogP contribution in [0.4, 0.5) is 0 Å². The van der Waals surface area contributed by atoms with E-state index in [4.69, 9.17) is 9.47 Å². The van der Waals surface area contributed by atoms with Crippen molar-refractivity contribution in [3.05, 3.63) is 29.8 Å². The van der Waals surface area contributed by atoms with Gasteiger partial charge in [-0.05, 0) is 12.1 Å². The van der Waals surface area contributed by atoms with E-state index in [1.807, 2.05) is 0 Å². The minimum Gasteiger partial charge on any atom is -0.497 e. The lowest BCUT2D eigenvalue weighted by Crippen LogP contribution is -2.21. The van der Waals surface area contributed by atoms with Crippen LogP contribution in [0.15, 0.2) is 24.3 Å². The summed E-state index contributed by atoms with van der Waals surface area (Å²) in [5, 5.41) is 0. The number of ketones is 1. The molecule has 0 aromatic heterocycles. The second-order valence-corrected chi connectivity index (χ2v) is 5.92. The Morgan fingerprint density at radius 3 is 2.61 bits per heavy atom. The zero-order chi connectivity index (χ0) is 13.6. The Balaban J connectivity index is 2.76. The number of hydrogen-bond donors (Lipinski definition) is 0. The van der Waals surface area contributed by atoms with Crippen LogP contribution in [0.25, 0.3) is 0 Å². The van der Waals surface area contributed by atoms with Crippen molar-refractivity contribution < 1.29 is 22.7 Å². The van der Waals surface area contributed by atoms with Crippen molar-refractivity contribution in [3.8, 4) is 5.75 Å². The van der Waals surface area contributed by atoms with Crippen LogP contribution < -0.4 is 4.74 Å². The van der Waals surface area contributed by atoms with E-state index in [1.165, 1.54) is 20.3 Å². The van der Waals surface area contributed by atoms with E-state index in [-0.39, 0.29) is 12.4 Å². The molecule has 0 fully saturated rings. The van der Waals surface area contributed by atoms with E-state index >= 15 is 0 Å². The van der Waals surface area contributed by atoms with Gasteiger partial charge in [-0.1, -0.05) is 12.1 Å². The van der Waals surface area contributed by atoms with Gasteiger partial charge in [0, 0.05) is 12.7 Å². The maximum Gasteiger partial charge on any atom is 0.178 e. The molecule has 18 heavy (non-hydrogen) atoms. The van der Waals surface area contributed by atoms with Crippen LogP contribution in [0.5, 0.6) is 5.75 Å². The first kappa shape index (κ1) is 14.7. The molecule has 0 aliphatic rings. The van der Waals surface area contributed by atoms with E-state index in [2.05, 4.69) is 0 Å². The summed E-state index contributed by atoms with van der Waals surface area (Å²) in [7, 11) is -0.525. The molecule has 1 rings (SSSR count). The highest BCUT2D eigenvalue weighted by molar-refractivity contribution is 7.92. The molecule has 0 saturated carbocycles. The summed E-state index contributed by atoms with van der Waals surface area (Å²) < 4.78 is 32.9. The van der Waals surface area contributed by atoms with Gasteiger partial charge in [-0.15, -0.1) is 0 Å². The number of benzene rings is 1. The lowest BCUT2D eigenvalue weighted by atomic mass is 10.1. The molecule has 0 aliphatic heterocycles. The van der Waals surface area contributed by atoms with Crippen LogP contribution in [0.2, 0.25) is 0 Å². The lowest BCUT2D eigenvalue weighted by molar-refractivity contribution is 0.102. The van der Waals surface area contributed by atoms with Crippen molar-refractivity contribution in [2.24, 2.45) is 0 Å². The van der Waals surface area contributed by atoms with Crippen molar-refractivity contribution in [1.82, 2.24) is 0 Å². The van der Waals surface area contributed by atoms with Crippen LogP contribution in [0.1, 0.15) is 10.4 Å².